The highest BCUT2D eigenvalue weighted by atomic mass is 16.5. The molecule has 6 heteroatoms. The quantitative estimate of drug-likeness (QED) is 0.496. The van der Waals surface area contributed by atoms with E-state index in [1.807, 2.05) is 7.05 Å². The molecule has 146 valence electrons. The molecule has 0 saturated carbocycles. The van der Waals surface area contributed by atoms with E-state index < -0.39 is 0 Å². The van der Waals surface area contributed by atoms with E-state index in [0.717, 1.165) is 65.0 Å². The van der Waals surface area contributed by atoms with Gasteiger partial charge in [0.25, 0.3) is 0 Å². The van der Waals surface area contributed by atoms with Crippen molar-refractivity contribution in [2.75, 3.05) is 64.4 Å². The zero-order valence-electron chi connectivity index (χ0n) is 16.3. The fourth-order valence-electron chi connectivity index (χ4n) is 4.20. The molecule has 4 rings (SSSR count). The zero-order valence-corrected chi connectivity index (χ0v) is 16.3. The molecule has 1 atom stereocenters. The lowest BCUT2D eigenvalue weighted by Gasteiger charge is -2.32. The molecule has 3 aliphatic heterocycles. The summed E-state index contributed by atoms with van der Waals surface area (Å²) in [6.45, 7) is 8.83. The third kappa shape index (κ3) is 4.45. The Kier molecular flexibility index (Phi) is 5.94. The largest absolute Gasteiger partial charge is 0.379 e. The first-order valence-electron chi connectivity index (χ1n) is 10.1. The Balaban J connectivity index is 1.28. The van der Waals surface area contributed by atoms with Crippen molar-refractivity contribution >= 4 is 11.6 Å². The normalized spacial score (nSPS) is 24.0. The molecular weight excluding hydrogens is 338 g/mol. The van der Waals surface area contributed by atoms with Crippen LogP contribution in [0, 0.1) is 0 Å². The number of rotatable bonds is 4. The maximum Gasteiger partial charge on any atom is 0.193 e. The second kappa shape index (κ2) is 8.76. The van der Waals surface area contributed by atoms with Crippen molar-refractivity contribution in [2.24, 2.45) is 4.99 Å². The van der Waals surface area contributed by atoms with Crippen molar-refractivity contribution in [2.45, 2.75) is 19.0 Å². The Morgan fingerprint density at radius 1 is 1.11 bits per heavy atom. The number of hydrogen-bond donors (Lipinski definition) is 1. The molecule has 3 aliphatic rings. The van der Waals surface area contributed by atoms with Crippen molar-refractivity contribution in [3.05, 3.63) is 42.0 Å². The first-order chi connectivity index (χ1) is 13.3. The maximum atomic E-state index is 5.49. The number of likely N-dealkylation sites (tertiary alicyclic amines) is 1. The van der Waals surface area contributed by atoms with Crippen LogP contribution in [0.4, 0.5) is 5.69 Å². The minimum absolute atomic E-state index is 0.626. The Hall–Kier alpha value is -2.05. The van der Waals surface area contributed by atoms with Crippen LogP contribution in [0.25, 0.3) is 0 Å². The first-order valence-corrected chi connectivity index (χ1v) is 10.1. The fourth-order valence-corrected chi connectivity index (χ4v) is 4.20. The Morgan fingerprint density at radius 3 is 2.56 bits per heavy atom. The highest BCUT2D eigenvalue weighted by molar-refractivity contribution is 5.80. The van der Waals surface area contributed by atoms with E-state index in [-0.39, 0.29) is 0 Å². The van der Waals surface area contributed by atoms with E-state index in [0.29, 0.717) is 6.04 Å². The van der Waals surface area contributed by atoms with E-state index in [1.165, 1.54) is 17.7 Å². The highest BCUT2D eigenvalue weighted by Crippen LogP contribution is 2.19. The predicted octanol–water partition coefficient (Wildman–Crippen LogP) is 1.54. The van der Waals surface area contributed by atoms with Crippen molar-refractivity contribution in [1.82, 2.24) is 15.1 Å². The summed E-state index contributed by atoms with van der Waals surface area (Å²) in [4.78, 5) is 11.8. The van der Waals surface area contributed by atoms with Crippen LogP contribution in [0.3, 0.4) is 0 Å². The van der Waals surface area contributed by atoms with Crippen LogP contribution in [0.15, 0.2) is 41.4 Å². The SMILES string of the molecule is CN=C(NCc1ccc(N2CC=CC2)cc1)N1CCC(N2CCOCC2)C1. The minimum Gasteiger partial charge on any atom is -0.379 e. The van der Waals surface area contributed by atoms with E-state index in [2.05, 4.69) is 61.4 Å². The van der Waals surface area contributed by atoms with Gasteiger partial charge in [0.05, 0.1) is 13.2 Å². The minimum atomic E-state index is 0.626. The summed E-state index contributed by atoms with van der Waals surface area (Å²) in [6.07, 6.45) is 5.65. The molecule has 0 spiro atoms. The Labute approximate surface area is 162 Å². The molecule has 1 unspecified atom stereocenters. The van der Waals surface area contributed by atoms with Gasteiger partial charge in [-0.3, -0.25) is 9.89 Å². The van der Waals surface area contributed by atoms with Crippen molar-refractivity contribution in [1.29, 1.82) is 0 Å². The molecule has 0 aliphatic carbocycles. The van der Waals surface area contributed by atoms with Gasteiger partial charge < -0.3 is 19.9 Å². The van der Waals surface area contributed by atoms with Crippen LogP contribution in [0.2, 0.25) is 0 Å². The summed E-state index contributed by atoms with van der Waals surface area (Å²) in [5.41, 5.74) is 2.58. The summed E-state index contributed by atoms with van der Waals surface area (Å²) >= 11 is 0. The van der Waals surface area contributed by atoms with Crippen LogP contribution in [-0.4, -0.2) is 81.3 Å². The van der Waals surface area contributed by atoms with Gasteiger partial charge in [-0.25, -0.2) is 0 Å². The third-order valence-corrected chi connectivity index (χ3v) is 5.81. The first kappa shape index (κ1) is 18.3. The maximum absolute atomic E-state index is 5.49. The number of benzene rings is 1. The number of guanidine groups is 1. The van der Waals surface area contributed by atoms with E-state index >= 15 is 0 Å². The fraction of sp³-hybridized carbons (Fsp3) is 0.571. The smallest absolute Gasteiger partial charge is 0.193 e. The molecule has 2 fully saturated rings. The van der Waals surface area contributed by atoms with Gasteiger partial charge in [-0.1, -0.05) is 24.3 Å². The van der Waals surface area contributed by atoms with Crippen molar-refractivity contribution < 1.29 is 4.74 Å². The molecule has 0 bridgehead atoms. The number of hydrogen-bond acceptors (Lipinski definition) is 4. The van der Waals surface area contributed by atoms with Crippen LogP contribution >= 0.6 is 0 Å². The number of anilines is 1. The summed E-state index contributed by atoms with van der Waals surface area (Å²) < 4.78 is 5.49. The van der Waals surface area contributed by atoms with Crippen LogP contribution in [-0.2, 0) is 11.3 Å². The number of ether oxygens (including phenoxy) is 1. The Morgan fingerprint density at radius 2 is 1.85 bits per heavy atom. The lowest BCUT2D eigenvalue weighted by molar-refractivity contribution is 0.0195. The van der Waals surface area contributed by atoms with Gasteiger partial charge in [0.15, 0.2) is 5.96 Å². The summed E-state index contributed by atoms with van der Waals surface area (Å²) in [6, 6.07) is 9.50. The van der Waals surface area contributed by atoms with Crippen molar-refractivity contribution in [3.63, 3.8) is 0 Å². The molecule has 0 amide bonds. The standard InChI is InChI=1S/C21H31N5O/c1-22-21(26-11-8-20(17-26)25-12-14-27-15-13-25)23-16-18-4-6-19(7-5-18)24-9-2-3-10-24/h2-7,20H,8-17H2,1H3,(H,22,23). The van der Waals surface area contributed by atoms with E-state index in [4.69, 9.17) is 4.74 Å². The van der Waals surface area contributed by atoms with Gasteiger partial charge in [-0.05, 0) is 24.1 Å². The Bertz CT molecular complexity index is 658. The lowest BCUT2D eigenvalue weighted by atomic mass is 10.2. The van der Waals surface area contributed by atoms with Crippen LogP contribution < -0.4 is 10.2 Å². The van der Waals surface area contributed by atoms with Gasteiger partial charge in [0, 0.05) is 64.6 Å². The molecule has 1 aromatic carbocycles. The molecule has 6 nitrogen and oxygen atoms in total. The van der Waals surface area contributed by atoms with Crippen LogP contribution in [0.5, 0.6) is 0 Å². The average molecular weight is 370 g/mol. The summed E-state index contributed by atoms with van der Waals surface area (Å²) in [5.74, 6) is 1.01. The molecule has 1 aromatic rings. The second-order valence-corrected chi connectivity index (χ2v) is 7.48. The second-order valence-electron chi connectivity index (χ2n) is 7.48. The molecule has 2 saturated heterocycles. The molecular formula is C21H31N5O. The topological polar surface area (TPSA) is 43.3 Å². The van der Waals surface area contributed by atoms with Crippen LogP contribution in [0.1, 0.15) is 12.0 Å². The molecule has 27 heavy (non-hydrogen) atoms. The monoisotopic (exact) mass is 369 g/mol. The highest BCUT2D eigenvalue weighted by Gasteiger charge is 2.30. The predicted molar refractivity (Wildman–Crippen MR) is 110 cm³/mol. The van der Waals surface area contributed by atoms with Gasteiger partial charge >= 0.3 is 0 Å². The van der Waals surface area contributed by atoms with Gasteiger partial charge in [-0.2, -0.15) is 0 Å². The average Bonchev–Trinajstić information content (AvgIpc) is 3.42. The van der Waals surface area contributed by atoms with Gasteiger partial charge in [0.1, 0.15) is 0 Å². The van der Waals surface area contributed by atoms with Gasteiger partial charge in [0.2, 0.25) is 0 Å². The molecule has 0 radical (unpaired) electrons. The molecule has 1 N–H and O–H groups in total. The third-order valence-electron chi connectivity index (χ3n) is 5.81. The lowest BCUT2D eigenvalue weighted by Crippen LogP contribution is -2.46. The van der Waals surface area contributed by atoms with Gasteiger partial charge in [-0.15, -0.1) is 0 Å². The molecule has 3 heterocycles. The zero-order chi connectivity index (χ0) is 18.5. The molecule has 0 aromatic heterocycles. The number of nitrogens with one attached hydrogen (secondary N) is 1. The summed E-state index contributed by atoms with van der Waals surface area (Å²) in [5, 5.41) is 3.55. The van der Waals surface area contributed by atoms with Crippen molar-refractivity contribution in [3.8, 4) is 0 Å². The number of morpholine rings is 1. The number of aliphatic imine (C=N–C) groups is 1. The van der Waals surface area contributed by atoms with E-state index in [9.17, 15) is 0 Å². The summed E-state index contributed by atoms with van der Waals surface area (Å²) in [7, 11) is 1.88. The van der Waals surface area contributed by atoms with E-state index in [1.54, 1.807) is 0 Å². The number of nitrogens with zero attached hydrogens (tertiary/aromatic N) is 4.